The Labute approximate surface area is 213 Å². The summed E-state index contributed by atoms with van der Waals surface area (Å²) in [6.07, 6.45) is 4.60. The zero-order valence-electron chi connectivity index (χ0n) is 21.6. The molecule has 0 unspecified atom stereocenters. The Bertz CT molecular complexity index is 1340. The summed E-state index contributed by atoms with van der Waals surface area (Å²) in [7, 11) is 0. The van der Waals surface area contributed by atoms with Gasteiger partial charge < -0.3 is 20.0 Å². The lowest BCUT2D eigenvalue weighted by Crippen LogP contribution is -2.49. The van der Waals surface area contributed by atoms with E-state index in [0.717, 1.165) is 84.7 Å². The summed E-state index contributed by atoms with van der Waals surface area (Å²) in [5.74, 6) is 0.112. The van der Waals surface area contributed by atoms with Crippen LogP contribution in [-0.4, -0.2) is 67.3 Å². The molecule has 6 heteroatoms. The van der Waals surface area contributed by atoms with Gasteiger partial charge in [0, 0.05) is 71.7 Å². The van der Waals surface area contributed by atoms with Crippen LogP contribution in [0, 0.1) is 5.41 Å². The minimum absolute atomic E-state index is 0.112. The maximum atomic E-state index is 13.9. The third kappa shape index (κ3) is 3.61. The molecule has 3 heterocycles. The summed E-state index contributed by atoms with van der Waals surface area (Å²) >= 11 is 0. The molecule has 0 atom stereocenters. The number of fused-ring (bicyclic) bond motifs is 4. The van der Waals surface area contributed by atoms with Crippen molar-refractivity contribution in [1.82, 2.24) is 9.88 Å². The molecule has 0 radical (unpaired) electrons. The molecule has 6 nitrogen and oxygen atoms in total. The highest BCUT2D eigenvalue weighted by Gasteiger charge is 2.40. The van der Waals surface area contributed by atoms with Crippen LogP contribution in [0.25, 0.3) is 10.9 Å². The highest BCUT2D eigenvalue weighted by Crippen LogP contribution is 2.46. The fraction of sp³-hybridized carbons (Fsp3) is 0.467. The Morgan fingerprint density at radius 1 is 1.11 bits per heavy atom. The first kappa shape index (κ1) is 23.4. The lowest BCUT2D eigenvalue weighted by molar-refractivity contribution is 0.0115. The number of carbonyl (C=O) groups is 1. The van der Waals surface area contributed by atoms with Crippen LogP contribution in [0.2, 0.25) is 0 Å². The lowest BCUT2D eigenvalue weighted by atomic mass is 9.70. The Hall–Kier alpha value is -2.96. The number of hydrogen-bond acceptors (Lipinski definition) is 5. The first-order chi connectivity index (χ1) is 17.4. The number of rotatable bonds is 4. The van der Waals surface area contributed by atoms with Crippen molar-refractivity contribution in [2.75, 3.05) is 44.3 Å². The molecule has 2 saturated heterocycles. The van der Waals surface area contributed by atoms with E-state index < -0.39 is 0 Å². The standard InChI is InChI=1S/C30H36N4O2/c1-4-20-16-23-24(17-26(20)34-9-7-21(8-10-34)33-11-13-36-14-12-33)30(2,3)29-27(28(23)35)22-6-5-19(18-31)15-25(22)32-29/h5-6,15-18,21,31-32H,4,7-14H2,1-3H3. The van der Waals surface area contributed by atoms with Gasteiger partial charge in [-0.3, -0.25) is 9.69 Å². The molecule has 3 aromatic rings. The molecule has 6 rings (SSSR count). The molecule has 2 fully saturated rings. The first-order valence-electron chi connectivity index (χ1n) is 13.4. The average Bonchev–Trinajstić information content (AvgIpc) is 3.32. The van der Waals surface area contributed by atoms with Gasteiger partial charge in [-0.15, -0.1) is 0 Å². The zero-order chi connectivity index (χ0) is 25.0. The van der Waals surface area contributed by atoms with Gasteiger partial charge in [0.1, 0.15) is 0 Å². The van der Waals surface area contributed by atoms with Crippen LogP contribution in [-0.2, 0) is 16.6 Å². The zero-order valence-corrected chi connectivity index (χ0v) is 21.6. The van der Waals surface area contributed by atoms with Crippen molar-refractivity contribution in [3.63, 3.8) is 0 Å². The Balaban J connectivity index is 1.37. The number of aryl methyl sites for hydroxylation is 1. The van der Waals surface area contributed by atoms with Crippen molar-refractivity contribution in [2.45, 2.75) is 51.5 Å². The van der Waals surface area contributed by atoms with E-state index in [-0.39, 0.29) is 11.2 Å². The number of ketones is 1. The van der Waals surface area contributed by atoms with E-state index >= 15 is 0 Å². The minimum Gasteiger partial charge on any atom is -0.379 e. The molecule has 2 aromatic carbocycles. The van der Waals surface area contributed by atoms with Crippen LogP contribution in [0.4, 0.5) is 5.69 Å². The number of benzene rings is 2. The number of H-pyrrole nitrogens is 1. The van der Waals surface area contributed by atoms with E-state index in [2.05, 4.69) is 47.7 Å². The van der Waals surface area contributed by atoms with Gasteiger partial charge in [0.25, 0.3) is 0 Å². The molecule has 2 aliphatic heterocycles. The predicted molar refractivity (Wildman–Crippen MR) is 145 cm³/mol. The van der Waals surface area contributed by atoms with Crippen molar-refractivity contribution in [1.29, 1.82) is 5.41 Å². The summed E-state index contributed by atoms with van der Waals surface area (Å²) in [6, 6.07) is 11.0. The largest absolute Gasteiger partial charge is 0.379 e. The van der Waals surface area contributed by atoms with E-state index in [4.69, 9.17) is 10.1 Å². The summed E-state index contributed by atoms with van der Waals surface area (Å²) in [6.45, 7) is 12.5. The van der Waals surface area contributed by atoms with Crippen LogP contribution >= 0.6 is 0 Å². The van der Waals surface area contributed by atoms with Gasteiger partial charge in [0.2, 0.25) is 0 Å². The predicted octanol–water partition coefficient (Wildman–Crippen LogP) is 4.90. The average molecular weight is 485 g/mol. The number of morpholine rings is 1. The summed E-state index contributed by atoms with van der Waals surface area (Å²) in [5.41, 5.74) is 7.72. The fourth-order valence-corrected chi connectivity index (χ4v) is 6.61. The van der Waals surface area contributed by atoms with Gasteiger partial charge in [-0.05, 0) is 54.2 Å². The number of hydrogen-bond donors (Lipinski definition) is 2. The molecule has 0 saturated carbocycles. The van der Waals surface area contributed by atoms with Crippen LogP contribution in [0.3, 0.4) is 0 Å². The monoisotopic (exact) mass is 484 g/mol. The highest BCUT2D eigenvalue weighted by molar-refractivity contribution is 6.20. The molecule has 3 aliphatic rings. The van der Waals surface area contributed by atoms with Crippen molar-refractivity contribution < 1.29 is 9.53 Å². The smallest absolute Gasteiger partial charge is 0.195 e. The molecule has 1 aliphatic carbocycles. The van der Waals surface area contributed by atoms with E-state index in [0.29, 0.717) is 6.04 Å². The molecule has 2 N–H and O–H groups in total. The number of anilines is 1. The Morgan fingerprint density at radius 2 is 1.86 bits per heavy atom. The molecule has 1 aromatic heterocycles. The number of nitrogens with zero attached hydrogens (tertiary/aromatic N) is 2. The molecule has 0 spiro atoms. The highest BCUT2D eigenvalue weighted by atomic mass is 16.5. The van der Waals surface area contributed by atoms with E-state index in [1.807, 2.05) is 18.2 Å². The van der Waals surface area contributed by atoms with Gasteiger partial charge >= 0.3 is 0 Å². The molecule has 0 amide bonds. The molecule has 36 heavy (non-hydrogen) atoms. The van der Waals surface area contributed by atoms with Crippen LogP contribution < -0.4 is 4.90 Å². The first-order valence-corrected chi connectivity index (χ1v) is 13.4. The van der Waals surface area contributed by atoms with Gasteiger partial charge in [0.05, 0.1) is 18.8 Å². The van der Waals surface area contributed by atoms with Crippen LogP contribution in [0.15, 0.2) is 30.3 Å². The second-order valence-corrected chi connectivity index (χ2v) is 11.0. The van der Waals surface area contributed by atoms with Crippen LogP contribution in [0.1, 0.15) is 71.9 Å². The lowest BCUT2D eigenvalue weighted by Gasteiger charge is -2.42. The van der Waals surface area contributed by atoms with E-state index in [1.165, 1.54) is 30.3 Å². The Morgan fingerprint density at radius 3 is 2.56 bits per heavy atom. The molecule has 0 bridgehead atoms. The summed E-state index contributed by atoms with van der Waals surface area (Å²) in [5, 5.41) is 8.57. The molecule has 188 valence electrons. The fourth-order valence-electron chi connectivity index (χ4n) is 6.61. The third-order valence-electron chi connectivity index (χ3n) is 8.73. The maximum absolute atomic E-state index is 13.9. The van der Waals surface area contributed by atoms with E-state index in [9.17, 15) is 4.79 Å². The van der Waals surface area contributed by atoms with Gasteiger partial charge in [-0.25, -0.2) is 0 Å². The molecular formula is C30H36N4O2. The number of aromatic nitrogens is 1. The number of nitrogens with one attached hydrogen (secondary N) is 2. The van der Waals surface area contributed by atoms with Crippen molar-refractivity contribution in [3.8, 4) is 0 Å². The second kappa shape index (κ2) is 8.86. The van der Waals surface area contributed by atoms with Gasteiger partial charge in [-0.2, -0.15) is 0 Å². The minimum atomic E-state index is -0.324. The van der Waals surface area contributed by atoms with Gasteiger partial charge in [-0.1, -0.05) is 32.9 Å². The van der Waals surface area contributed by atoms with Crippen molar-refractivity contribution >= 4 is 28.6 Å². The Kier molecular flexibility index (Phi) is 5.77. The number of aromatic amines is 1. The third-order valence-corrected chi connectivity index (χ3v) is 8.73. The quantitative estimate of drug-likeness (QED) is 0.517. The molecular weight excluding hydrogens is 448 g/mol. The number of ether oxygens (including phenoxy) is 1. The second-order valence-electron chi connectivity index (χ2n) is 11.0. The topological polar surface area (TPSA) is 72.4 Å². The van der Waals surface area contributed by atoms with E-state index in [1.54, 1.807) is 0 Å². The summed E-state index contributed by atoms with van der Waals surface area (Å²) < 4.78 is 5.56. The number of piperidine rings is 1. The normalized spacial score (nSPS) is 20.4. The van der Waals surface area contributed by atoms with Crippen LogP contribution in [0.5, 0.6) is 0 Å². The number of carbonyl (C=O) groups excluding carboxylic acids is 1. The van der Waals surface area contributed by atoms with Gasteiger partial charge in [0.15, 0.2) is 5.78 Å². The summed E-state index contributed by atoms with van der Waals surface area (Å²) in [4.78, 5) is 22.6. The maximum Gasteiger partial charge on any atom is 0.195 e. The van der Waals surface area contributed by atoms with Crippen molar-refractivity contribution in [3.05, 3.63) is 63.8 Å². The SMILES string of the molecule is CCc1cc2c(cc1N1CCC(N3CCOCC3)CC1)C(C)(C)c1[nH]c3cc(C=N)ccc3c1C2=O. The van der Waals surface area contributed by atoms with Crippen molar-refractivity contribution in [2.24, 2.45) is 0 Å².